The van der Waals surface area contributed by atoms with Crippen molar-refractivity contribution in [1.29, 1.82) is 0 Å². The first-order valence-corrected chi connectivity index (χ1v) is 8.71. The Balaban J connectivity index is 1.39. The van der Waals surface area contributed by atoms with Gasteiger partial charge in [-0.2, -0.15) is 0 Å². The molecule has 1 N–H and O–H groups in total. The van der Waals surface area contributed by atoms with Gasteiger partial charge in [0.25, 0.3) is 5.91 Å². The number of hydrogen-bond donors (Lipinski definition) is 1. The van der Waals surface area contributed by atoms with Gasteiger partial charge in [0.05, 0.1) is 13.2 Å². The quantitative estimate of drug-likeness (QED) is 0.776. The Labute approximate surface area is 151 Å². The van der Waals surface area contributed by atoms with Gasteiger partial charge in [-0.25, -0.2) is 9.97 Å². The molecule has 0 unspecified atom stereocenters. The number of rotatable bonds is 4. The van der Waals surface area contributed by atoms with E-state index in [1.165, 1.54) is 0 Å². The molecule has 0 bridgehead atoms. The Bertz CT molecular complexity index is 913. The van der Waals surface area contributed by atoms with Gasteiger partial charge < -0.3 is 19.4 Å². The molecule has 0 atom stereocenters. The molecule has 0 aliphatic carbocycles. The first-order chi connectivity index (χ1) is 12.7. The number of ether oxygens (including phenoxy) is 1. The molecule has 1 aliphatic heterocycles. The van der Waals surface area contributed by atoms with E-state index in [0.29, 0.717) is 12.2 Å². The molecule has 26 heavy (non-hydrogen) atoms. The fourth-order valence-corrected chi connectivity index (χ4v) is 3.03. The summed E-state index contributed by atoms with van der Waals surface area (Å²) in [6.45, 7) is 5.59. The predicted octanol–water partition coefficient (Wildman–Crippen LogP) is 1.80. The summed E-state index contributed by atoms with van der Waals surface area (Å²) < 4.78 is 7.27. The number of hydrogen-bond acceptors (Lipinski definition) is 5. The highest BCUT2D eigenvalue weighted by atomic mass is 16.5. The lowest BCUT2D eigenvalue weighted by Gasteiger charge is -2.27. The molecule has 7 heteroatoms. The van der Waals surface area contributed by atoms with Gasteiger partial charge in [-0.15, -0.1) is 0 Å². The number of imidazole rings is 1. The van der Waals surface area contributed by atoms with Crippen LogP contribution in [0.3, 0.4) is 0 Å². The Morgan fingerprint density at radius 3 is 2.81 bits per heavy atom. The van der Waals surface area contributed by atoms with Crippen LogP contribution in [-0.2, 0) is 11.3 Å². The van der Waals surface area contributed by atoms with E-state index in [4.69, 9.17) is 4.74 Å². The molecule has 0 saturated carbocycles. The standard InChI is InChI=1S/C19H21N5O2/c1-14-3-2-4-18-22-16(13-24(14)18)19(25)21-12-15-5-6-17(20-11-15)23-7-9-26-10-8-23/h2-6,11,13H,7-10,12H2,1H3,(H,21,25). The average Bonchev–Trinajstić information content (AvgIpc) is 3.13. The smallest absolute Gasteiger partial charge is 0.271 e. The molecule has 0 aromatic carbocycles. The topological polar surface area (TPSA) is 71.8 Å². The molecule has 7 nitrogen and oxygen atoms in total. The summed E-state index contributed by atoms with van der Waals surface area (Å²) in [7, 11) is 0. The summed E-state index contributed by atoms with van der Waals surface area (Å²) in [4.78, 5) is 23.5. The van der Waals surface area contributed by atoms with E-state index < -0.39 is 0 Å². The molecule has 1 amide bonds. The third kappa shape index (κ3) is 3.39. The van der Waals surface area contributed by atoms with Crippen LogP contribution < -0.4 is 10.2 Å². The van der Waals surface area contributed by atoms with Crippen molar-refractivity contribution < 1.29 is 9.53 Å². The van der Waals surface area contributed by atoms with Gasteiger partial charge in [0, 0.05) is 37.7 Å². The second kappa shape index (κ2) is 7.13. The number of nitrogens with one attached hydrogen (secondary N) is 1. The minimum absolute atomic E-state index is 0.189. The van der Waals surface area contributed by atoms with Crippen molar-refractivity contribution in [3.05, 3.63) is 59.7 Å². The Morgan fingerprint density at radius 1 is 1.23 bits per heavy atom. The van der Waals surface area contributed by atoms with Crippen molar-refractivity contribution in [1.82, 2.24) is 19.7 Å². The molecule has 0 spiro atoms. The highest BCUT2D eigenvalue weighted by Gasteiger charge is 2.13. The SMILES string of the molecule is Cc1cccc2nc(C(=O)NCc3ccc(N4CCOCC4)nc3)cn12. The van der Waals surface area contributed by atoms with Gasteiger partial charge in [-0.3, -0.25) is 4.79 Å². The van der Waals surface area contributed by atoms with E-state index in [2.05, 4.69) is 20.2 Å². The lowest BCUT2D eigenvalue weighted by Crippen LogP contribution is -2.36. The molecule has 4 heterocycles. The van der Waals surface area contributed by atoms with Crippen molar-refractivity contribution in [2.75, 3.05) is 31.2 Å². The summed E-state index contributed by atoms with van der Waals surface area (Å²) in [5, 5.41) is 2.91. The maximum absolute atomic E-state index is 12.4. The van der Waals surface area contributed by atoms with E-state index >= 15 is 0 Å². The van der Waals surface area contributed by atoms with Crippen LogP contribution in [0, 0.1) is 6.92 Å². The van der Waals surface area contributed by atoms with E-state index in [1.54, 1.807) is 12.4 Å². The van der Waals surface area contributed by atoms with Gasteiger partial charge in [-0.1, -0.05) is 12.1 Å². The maximum Gasteiger partial charge on any atom is 0.271 e. The Hall–Kier alpha value is -2.93. The van der Waals surface area contributed by atoms with Crippen molar-refractivity contribution in [2.45, 2.75) is 13.5 Å². The fraction of sp³-hybridized carbons (Fsp3) is 0.316. The highest BCUT2D eigenvalue weighted by Crippen LogP contribution is 2.13. The predicted molar refractivity (Wildman–Crippen MR) is 98.4 cm³/mol. The van der Waals surface area contributed by atoms with Gasteiger partial charge in [0.15, 0.2) is 0 Å². The number of anilines is 1. The second-order valence-corrected chi connectivity index (χ2v) is 6.33. The summed E-state index contributed by atoms with van der Waals surface area (Å²) in [6.07, 6.45) is 3.57. The number of nitrogens with zero attached hydrogens (tertiary/aromatic N) is 4. The second-order valence-electron chi connectivity index (χ2n) is 6.33. The van der Waals surface area contributed by atoms with Gasteiger partial charge >= 0.3 is 0 Å². The number of fused-ring (bicyclic) bond motifs is 1. The number of aryl methyl sites for hydroxylation is 1. The minimum Gasteiger partial charge on any atom is -0.378 e. The van der Waals surface area contributed by atoms with Crippen LogP contribution in [0.2, 0.25) is 0 Å². The summed E-state index contributed by atoms with van der Waals surface area (Å²) >= 11 is 0. The molecule has 1 fully saturated rings. The Morgan fingerprint density at radius 2 is 2.08 bits per heavy atom. The summed E-state index contributed by atoms with van der Waals surface area (Å²) in [5.74, 6) is 0.754. The molecular weight excluding hydrogens is 330 g/mol. The number of carbonyl (C=O) groups is 1. The van der Waals surface area contributed by atoms with Crippen LogP contribution in [0.4, 0.5) is 5.82 Å². The number of pyridine rings is 2. The largest absolute Gasteiger partial charge is 0.378 e. The number of carbonyl (C=O) groups excluding carboxylic acids is 1. The van der Waals surface area contributed by atoms with Crippen LogP contribution in [0.5, 0.6) is 0 Å². The normalized spacial score (nSPS) is 14.6. The third-order valence-corrected chi connectivity index (χ3v) is 4.53. The molecule has 1 saturated heterocycles. The molecule has 1 aliphatic rings. The lowest BCUT2D eigenvalue weighted by molar-refractivity contribution is 0.0946. The van der Waals surface area contributed by atoms with Gasteiger partial charge in [0.2, 0.25) is 0 Å². The Kier molecular flexibility index (Phi) is 4.53. The van der Waals surface area contributed by atoms with E-state index in [-0.39, 0.29) is 5.91 Å². The van der Waals surface area contributed by atoms with E-state index in [1.807, 2.05) is 41.7 Å². The van der Waals surface area contributed by atoms with Gasteiger partial charge in [0.1, 0.15) is 17.2 Å². The van der Waals surface area contributed by atoms with E-state index in [0.717, 1.165) is 49.0 Å². The minimum atomic E-state index is -0.189. The molecule has 134 valence electrons. The zero-order chi connectivity index (χ0) is 17.9. The average molecular weight is 351 g/mol. The number of amides is 1. The molecule has 0 radical (unpaired) electrons. The first kappa shape index (κ1) is 16.5. The monoisotopic (exact) mass is 351 g/mol. The van der Waals surface area contributed by atoms with E-state index in [9.17, 15) is 4.79 Å². The highest BCUT2D eigenvalue weighted by molar-refractivity contribution is 5.92. The molecule has 4 rings (SSSR count). The molecular formula is C19H21N5O2. The third-order valence-electron chi connectivity index (χ3n) is 4.53. The van der Waals surface area contributed by atoms with Crippen molar-refractivity contribution in [2.24, 2.45) is 0 Å². The maximum atomic E-state index is 12.4. The lowest BCUT2D eigenvalue weighted by atomic mass is 10.2. The van der Waals surface area contributed by atoms with Crippen LogP contribution in [0.1, 0.15) is 21.7 Å². The zero-order valence-electron chi connectivity index (χ0n) is 14.7. The summed E-state index contributed by atoms with van der Waals surface area (Å²) in [5.41, 5.74) is 3.18. The van der Waals surface area contributed by atoms with Crippen molar-refractivity contribution in [3.63, 3.8) is 0 Å². The van der Waals surface area contributed by atoms with Crippen molar-refractivity contribution in [3.8, 4) is 0 Å². The van der Waals surface area contributed by atoms with Crippen LogP contribution in [-0.4, -0.2) is 46.6 Å². The summed E-state index contributed by atoms with van der Waals surface area (Å²) in [6, 6.07) is 9.78. The molecule has 3 aromatic rings. The van der Waals surface area contributed by atoms with Crippen molar-refractivity contribution >= 4 is 17.4 Å². The molecule has 3 aromatic heterocycles. The van der Waals surface area contributed by atoms with Crippen LogP contribution in [0.15, 0.2) is 42.7 Å². The number of aromatic nitrogens is 3. The van der Waals surface area contributed by atoms with Crippen LogP contribution in [0.25, 0.3) is 5.65 Å². The fourth-order valence-electron chi connectivity index (χ4n) is 3.03. The van der Waals surface area contributed by atoms with Crippen LogP contribution >= 0.6 is 0 Å². The number of morpholine rings is 1. The zero-order valence-corrected chi connectivity index (χ0v) is 14.7. The first-order valence-electron chi connectivity index (χ1n) is 8.71. The van der Waals surface area contributed by atoms with Gasteiger partial charge in [-0.05, 0) is 30.7 Å².